The lowest BCUT2D eigenvalue weighted by Gasteiger charge is -2.19. The molecule has 0 aliphatic heterocycles. The topological polar surface area (TPSA) is 114 Å². The fraction of sp³-hybridized carbons (Fsp3) is 0.286. The number of carboxylic acid groups (broad SMARTS) is 1. The first kappa shape index (κ1) is 28.7. The van der Waals surface area contributed by atoms with Crippen molar-refractivity contribution in [2.45, 2.75) is 50.1 Å². The van der Waals surface area contributed by atoms with E-state index in [1.807, 2.05) is 11.6 Å². The average Bonchev–Trinajstić information content (AvgIpc) is 3.60. The number of rotatable bonds is 10. The third-order valence-electron chi connectivity index (χ3n) is 6.88. The summed E-state index contributed by atoms with van der Waals surface area (Å²) in [6.45, 7) is 5.14. The minimum Gasteiger partial charge on any atom is -0.477 e. The standard InChI is InChI=1S/C28H25ClF3N3O5S/c1-3-21(28(30,31)32)41(38,39)34-19-8-6-5-7-17(19)26-23(29)18-13-15(9-12-20(18)40-26)14-35-22(4-2)33-24(16-10-11-16)25(35)27(36)37/h3,5-9,12-13,16,21,34H,1,4,10-11,14H2,2H3,(H,36,37). The Hall–Kier alpha value is -3.77. The van der Waals surface area contributed by atoms with Crippen LogP contribution in [0.5, 0.6) is 0 Å². The lowest BCUT2D eigenvalue weighted by molar-refractivity contribution is -0.121. The van der Waals surface area contributed by atoms with E-state index >= 15 is 0 Å². The van der Waals surface area contributed by atoms with Crippen LogP contribution in [-0.4, -0.2) is 40.5 Å². The lowest BCUT2D eigenvalue weighted by Crippen LogP contribution is -2.38. The third-order valence-corrected chi connectivity index (χ3v) is 8.89. The maximum atomic E-state index is 13.3. The Kier molecular flexibility index (Phi) is 7.41. The molecule has 0 bridgehead atoms. The smallest absolute Gasteiger partial charge is 0.410 e. The Labute approximate surface area is 238 Å². The van der Waals surface area contributed by atoms with Crippen LogP contribution in [0.3, 0.4) is 0 Å². The van der Waals surface area contributed by atoms with Crippen molar-refractivity contribution in [2.75, 3.05) is 4.72 Å². The van der Waals surface area contributed by atoms with Gasteiger partial charge in [-0.3, -0.25) is 4.72 Å². The number of sulfonamides is 1. The molecule has 2 aromatic carbocycles. The van der Waals surface area contributed by atoms with Gasteiger partial charge in [0.15, 0.2) is 16.7 Å². The molecule has 2 N–H and O–H groups in total. The molecule has 8 nitrogen and oxygen atoms in total. The van der Waals surface area contributed by atoms with E-state index in [4.69, 9.17) is 16.0 Å². The van der Waals surface area contributed by atoms with E-state index in [2.05, 4.69) is 11.6 Å². The molecule has 0 amide bonds. The van der Waals surface area contributed by atoms with Gasteiger partial charge in [0.25, 0.3) is 0 Å². The molecule has 13 heteroatoms. The second-order valence-electron chi connectivity index (χ2n) is 9.75. The molecule has 1 aliphatic rings. The number of hydrogen-bond acceptors (Lipinski definition) is 5. The monoisotopic (exact) mass is 607 g/mol. The predicted molar refractivity (Wildman–Crippen MR) is 149 cm³/mol. The number of para-hydroxylation sites is 1. The van der Waals surface area contributed by atoms with Crippen LogP contribution in [0.15, 0.2) is 59.5 Å². The van der Waals surface area contributed by atoms with Crippen LogP contribution in [0.2, 0.25) is 5.02 Å². The van der Waals surface area contributed by atoms with Crippen molar-refractivity contribution in [3.63, 3.8) is 0 Å². The van der Waals surface area contributed by atoms with Gasteiger partial charge in [0.05, 0.1) is 16.4 Å². The summed E-state index contributed by atoms with van der Waals surface area (Å²) in [6.07, 6.45) is -2.40. The molecule has 1 saturated carbocycles. The molecule has 1 atom stereocenters. The highest BCUT2D eigenvalue weighted by molar-refractivity contribution is 7.93. The highest BCUT2D eigenvalue weighted by Crippen LogP contribution is 2.43. The average molecular weight is 608 g/mol. The molecule has 4 aromatic rings. The summed E-state index contributed by atoms with van der Waals surface area (Å²) >= 11 is 6.69. The molecule has 41 heavy (non-hydrogen) atoms. The van der Waals surface area contributed by atoms with Crippen molar-refractivity contribution in [1.82, 2.24) is 9.55 Å². The summed E-state index contributed by atoms with van der Waals surface area (Å²) in [4.78, 5) is 16.8. The van der Waals surface area contributed by atoms with E-state index in [-0.39, 0.29) is 40.2 Å². The van der Waals surface area contributed by atoms with Gasteiger partial charge in [-0.1, -0.05) is 42.8 Å². The first-order chi connectivity index (χ1) is 19.4. The number of aryl methyl sites for hydroxylation is 1. The minimum atomic E-state index is -5.07. The SMILES string of the molecule is C=CC(C(F)(F)F)S(=O)(=O)Nc1ccccc1-c1oc2ccc(Cn3c(CC)nc(C4CC4)c3C(=O)O)cc2c1Cl. The maximum absolute atomic E-state index is 13.3. The summed E-state index contributed by atoms with van der Waals surface area (Å²) in [6, 6.07) is 10.9. The first-order valence-corrected chi connectivity index (χ1v) is 14.6. The number of fused-ring (bicyclic) bond motifs is 1. The highest BCUT2D eigenvalue weighted by atomic mass is 35.5. The number of furan rings is 1. The molecule has 5 rings (SSSR count). The zero-order valence-corrected chi connectivity index (χ0v) is 23.3. The van der Waals surface area contributed by atoms with Crippen molar-refractivity contribution in [3.05, 3.63) is 82.9 Å². The summed E-state index contributed by atoms with van der Waals surface area (Å²) in [5, 5.41) is 7.69. The number of aromatic carboxylic acids is 1. The van der Waals surface area contributed by atoms with E-state index in [0.29, 0.717) is 35.0 Å². The fourth-order valence-corrected chi connectivity index (χ4v) is 6.32. The minimum absolute atomic E-state index is 0.0541. The largest absolute Gasteiger partial charge is 0.477 e. The zero-order valence-electron chi connectivity index (χ0n) is 21.7. The second kappa shape index (κ2) is 10.6. The Morgan fingerprint density at radius 2 is 2.00 bits per heavy atom. The number of carbonyl (C=O) groups is 1. The van der Waals surface area contributed by atoms with Gasteiger partial charge >= 0.3 is 12.1 Å². The number of nitrogens with one attached hydrogen (secondary N) is 1. The lowest BCUT2D eigenvalue weighted by atomic mass is 10.1. The number of imidazole rings is 1. The van der Waals surface area contributed by atoms with E-state index in [1.54, 1.807) is 28.8 Å². The van der Waals surface area contributed by atoms with Gasteiger partial charge in [0.1, 0.15) is 11.4 Å². The number of anilines is 1. The van der Waals surface area contributed by atoms with Gasteiger partial charge < -0.3 is 14.1 Å². The number of carboxylic acids is 1. The maximum Gasteiger partial charge on any atom is 0.410 e. The second-order valence-corrected chi connectivity index (χ2v) is 11.9. The van der Waals surface area contributed by atoms with Gasteiger partial charge in [-0.25, -0.2) is 18.2 Å². The number of aromatic nitrogens is 2. The van der Waals surface area contributed by atoms with Crippen LogP contribution < -0.4 is 4.72 Å². The quantitative estimate of drug-likeness (QED) is 0.188. The summed E-state index contributed by atoms with van der Waals surface area (Å²) in [5.41, 5.74) is 1.81. The van der Waals surface area contributed by atoms with Gasteiger partial charge in [0, 0.05) is 29.8 Å². The Morgan fingerprint density at radius 1 is 1.29 bits per heavy atom. The summed E-state index contributed by atoms with van der Waals surface area (Å²) < 4.78 is 74.8. The zero-order chi connectivity index (χ0) is 29.7. The van der Waals surface area contributed by atoms with Crippen LogP contribution in [-0.2, 0) is 23.0 Å². The van der Waals surface area contributed by atoms with Gasteiger partial charge in [0.2, 0.25) is 10.0 Å². The van der Waals surface area contributed by atoms with E-state index in [9.17, 15) is 31.5 Å². The molecule has 2 aromatic heterocycles. The van der Waals surface area contributed by atoms with Crippen LogP contribution in [0.1, 0.15) is 53.3 Å². The van der Waals surface area contributed by atoms with Gasteiger partial charge in [-0.05, 0) is 42.7 Å². The van der Waals surface area contributed by atoms with Crippen molar-refractivity contribution >= 4 is 44.3 Å². The molecular weight excluding hydrogens is 583 g/mol. The van der Waals surface area contributed by atoms with Crippen molar-refractivity contribution in [2.24, 2.45) is 0 Å². The highest BCUT2D eigenvalue weighted by Gasteiger charge is 2.47. The molecule has 1 aliphatic carbocycles. The number of nitrogens with zero attached hydrogens (tertiary/aromatic N) is 2. The normalized spacial score (nSPS) is 14.8. The van der Waals surface area contributed by atoms with Crippen LogP contribution >= 0.6 is 11.6 Å². The molecule has 0 spiro atoms. The Bertz CT molecular complexity index is 1770. The summed E-state index contributed by atoms with van der Waals surface area (Å²) in [7, 11) is -4.95. The number of alkyl halides is 3. The Balaban J connectivity index is 1.53. The molecule has 0 saturated heterocycles. The molecule has 1 fully saturated rings. The van der Waals surface area contributed by atoms with E-state index < -0.39 is 27.4 Å². The Morgan fingerprint density at radius 3 is 2.61 bits per heavy atom. The third kappa shape index (κ3) is 5.45. The molecular formula is C28H25ClF3N3O5S. The van der Waals surface area contributed by atoms with Crippen LogP contribution in [0.25, 0.3) is 22.3 Å². The first-order valence-electron chi connectivity index (χ1n) is 12.7. The van der Waals surface area contributed by atoms with Crippen molar-refractivity contribution in [3.8, 4) is 11.3 Å². The van der Waals surface area contributed by atoms with E-state index in [1.165, 1.54) is 18.2 Å². The van der Waals surface area contributed by atoms with Crippen LogP contribution in [0, 0.1) is 0 Å². The van der Waals surface area contributed by atoms with Gasteiger partial charge in [-0.15, -0.1) is 6.58 Å². The molecule has 216 valence electrons. The van der Waals surface area contributed by atoms with Crippen LogP contribution in [0.4, 0.5) is 18.9 Å². The van der Waals surface area contributed by atoms with E-state index in [0.717, 1.165) is 18.4 Å². The van der Waals surface area contributed by atoms with Gasteiger partial charge in [-0.2, -0.15) is 13.2 Å². The molecule has 0 radical (unpaired) electrons. The summed E-state index contributed by atoms with van der Waals surface area (Å²) in [5.74, 6) is -0.192. The molecule has 1 unspecified atom stereocenters. The number of benzene rings is 2. The van der Waals surface area contributed by atoms with Crippen molar-refractivity contribution in [1.29, 1.82) is 0 Å². The van der Waals surface area contributed by atoms with Crippen molar-refractivity contribution < 1.29 is 35.9 Å². The predicted octanol–water partition coefficient (Wildman–Crippen LogP) is 6.99. The number of halogens is 4. The number of hydrogen-bond donors (Lipinski definition) is 2. The molecule has 2 heterocycles. The fourth-order valence-electron chi connectivity index (χ4n) is 4.82.